The zero-order chi connectivity index (χ0) is 14.9. The molecule has 1 aromatic rings. The van der Waals surface area contributed by atoms with Gasteiger partial charge < -0.3 is 19.1 Å². The Morgan fingerprint density at radius 3 is 2.05 bits per heavy atom. The molecule has 5 heteroatoms. The molecule has 1 amide bonds. The molecule has 1 aliphatic heterocycles. The van der Waals surface area contributed by atoms with E-state index in [0.717, 1.165) is 5.56 Å². The van der Waals surface area contributed by atoms with Crippen molar-refractivity contribution in [3.8, 4) is 29.6 Å². The molecule has 1 saturated heterocycles. The Bertz CT molecular complexity index is 601. The first kappa shape index (κ1) is 14.1. The van der Waals surface area contributed by atoms with Crippen LogP contribution in [0.25, 0.3) is 0 Å². The largest absolute Gasteiger partial charge is 0.494 e. The molecule has 20 heavy (non-hydrogen) atoms. The summed E-state index contributed by atoms with van der Waals surface area (Å²) in [6.07, 6.45) is 6.12. The number of hydrogen-bond donors (Lipinski definition) is 0. The summed E-state index contributed by atoms with van der Waals surface area (Å²) in [5.74, 6) is 4.12. The van der Waals surface area contributed by atoms with Crippen LogP contribution in [0.3, 0.4) is 0 Å². The summed E-state index contributed by atoms with van der Waals surface area (Å²) < 4.78 is 16.2. The predicted molar refractivity (Wildman–Crippen MR) is 75.7 cm³/mol. The number of methoxy groups -OCH3 is 3. The molecule has 0 spiro atoms. The Morgan fingerprint density at radius 1 is 1.10 bits per heavy atom. The molecule has 0 aliphatic carbocycles. The van der Waals surface area contributed by atoms with Gasteiger partial charge in [0, 0.05) is 18.5 Å². The van der Waals surface area contributed by atoms with Gasteiger partial charge in [-0.3, -0.25) is 4.79 Å². The third-order valence-electron chi connectivity index (χ3n) is 3.44. The molecule has 0 atom stereocenters. The van der Waals surface area contributed by atoms with Crippen LogP contribution in [0.1, 0.15) is 17.5 Å². The molecule has 1 aromatic carbocycles. The molecule has 0 saturated carbocycles. The molecule has 5 nitrogen and oxygen atoms in total. The fraction of sp³-hybridized carbons (Fsp3) is 0.400. The summed E-state index contributed by atoms with van der Waals surface area (Å²) in [4.78, 5) is 13.4. The van der Waals surface area contributed by atoms with Gasteiger partial charge in [-0.15, -0.1) is 6.42 Å². The summed E-state index contributed by atoms with van der Waals surface area (Å²) in [6, 6.07) is 0. The van der Waals surface area contributed by atoms with E-state index in [0.29, 0.717) is 41.5 Å². The second-order valence-corrected chi connectivity index (χ2v) is 4.39. The van der Waals surface area contributed by atoms with Crippen molar-refractivity contribution in [2.24, 2.45) is 0 Å². The van der Waals surface area contributed by atoms with Crippen LogP contribution in [-0.2, 0) is 4.79 Å². The highest BCUT2D eigenvalue weighted by molar-refractivity contribution is 6.03. The minimum Gasteiger partial charge on any atom is -0.494 e. The van der Waals surface area contributed by atoms with Crippen molar-refractivity contribution in [1.82, 2.24) is 0 Å². The molecule has 0 unspecified atom stereocenters. The fourth-order valence-electron chi connectivity index (χ4n) is 2.42. The summed E-state index contributed by atoms with van der Waals surface area (Å²) in [7, 11) is 4.60. The zero-order valence-electron chi connectivity index (χ0n) is 12.1. The minimum absolute atomic E-state index is 0.0198. The first-order valence-corrected chi connectivity index (χ1v) is 6.20. The third-order valence-corrected chi connectivity index (χ3v) is 3.44. The van der Waals surface area contributed by atoms with E-state index in [1.165, 1.54) is 7.11 Å². The van der Waals surface area contributed by atoms with Gasteiger partial charge in [-0.2, -0.15) is 0 Å². The van der Waals surface area contributed by atoms with Gasteiger partial charge in [-0.25, -0.2) is 0 Å². The number of amides is 1. The smallest absolute Gasteiger partial charge is 0.228 e. The van der Waals surface area contributed by atoms with Gasteiger partial charge in [0.15, 0.2) is 17.2 Å². The quantitative estimate of drug-likeness (QED) is 0.620. The molecule has 0 bridgehead atoms. The SMILES string of the molecule is C#Cc1c(OC)c(OC)c(C)c(OC)c1N1CCC1=O. The maximum absolute atomic E-state index is 11.8. The highest BCUT2D eigenvalue weighted by Crippen LogP contribution is 2.48. The van der Waals surface area contributed by atoms with Gasteiger partial charge in [0.2, 0.25) is 5.91 Å². The summed E-state index contributed by atoms with van der Waals surface area (Å²) in [6.45, 7) is 2.47. The molecule has 1 aliphatic rings. The Labute approximate surface area is 118 Å². The average Bonchev–Trinajstić information content (AvgIpc) is 2.45. The maximum atomic E-state index is 11.8. The van der Waals surface area contributed by atoms with E-state index in [-0.39, 0.29) is 5.91 Å². The van der Waals surface area contributed by atoms with Crippen LogP contribution in [0.5, 0.6) is 17.2 Å². The maximum Gasteiger partial charge on any atom is 0.228 e. The van der Waals surface area contributed by atoms with E-state index in [2.05, 4.69) is 5.92 Å². The van der Waals surface area contributed by atoms with Gasteiger partial charge in [0.25, 0.3) is 0 Å². The molecule has 0 radical (unpaired) electrons. The number of ether oxygens (including phenoxy) is 3. The Kier molecular flexibility index (Phi) is 3.75. The lowest BCUT2D eigenvalue weighted by molar-refractivity contribution is -0.122. The Morgan fingerprint density at radius 2 is 1.70 bits per heavy atom. The average molecular weight is 275 g/mol. The highest BCUT2D eigenvalue weighted by Gasteiger charge is 2.34. The molecular formula is C15H17NO4. The molecular weight excluding hydrogens is 258 g/mol. The van der Waals surface area contributed by atoms with Crippen LogP contribution in [-0.4, -0.2) is 33.8 Å². The van der Waals surface area contributed by atoms with Crippen LogP contribution in [0.15, 0.2) is 0 Å². The number of terminal acetylenes is 1. The molecule has 1 heterocycles. The van der Waals surface area contributed by atoms with E-state index < -0.39 is 0 Å². The molecule has 0 aromatic heterocycles. The topological polar surface area (TPSA) is 48.0 Å². The Balaban J connectivity index is 2.80. The number of hydrogen-bond acceptors (Lipinski definition) is 4. The molecule has 1 fully saturated rings. The molecule has 2 rings (SSSR count). The monoisotopic (exact) mass is 275 g/mol. The van der Waals surface area contributed by atoms with Gasteiger partial charge in [0.1, 0.15) is 5.69 Å². The number of anilines is 1. The van der Waals surface area contributed by atoms with E-state index in [9.17, 15) is 4.79 Å². The number of carbonyl (C=O) groups is 1. The van der Waals surface area contributed by atoms with Crippen molar-refractivity contribution in [2.75, 3.05) is 32.8 Å². The van der Waals surface area contributed by atoms with Crippen molar-refractivity contribution < 1.29 is 19.0 Å². The first-order valence-electron chi connectivity index (χ1n) is 6.20. The number of rotatable bonds is 4. The van der Waals surface area contributed by atoms with E-state index in [4.69, 9.17) is 20.6 Å². The standard InChI is InChI=1S/C15H17NO4/c1-6-10-12(16-8-7-11(16)17)13(18-3)9(2)14(19-4)15(10)20-5/h1H,7-8H2,2-5H3. The van der Waals surface area contributed by atoms with E-state index in [1.54, 1.807) is 19.1 Å². The fourth-order valence-corrected chi connectivity index (χ4v) is 2.42. The summed E-state index contributed by atoms with van der Waals surface area (Å²) >= 11 is 0. The van der Waals surface area contributed by atoms with Gasteiger partial charge in [0.05, 0.1) is 26.9 Å². The predicted octanol–water partition coefficient (Wildman–Crippen LogP) is 1.74. The van der Waals surface area contributed by atoms with Crippen LogP contribution >= 0.6 is 0 Å². The van der Waals surface area contributed by atoms with Crippen molar-refractivity contribution >= 4 is 11.6 Å². The van der Waals surface area contributed by atoms with Crippen molar-refractivity contribution in [3.63, 3.8) is 0 Å². The number of carbonyl (C=O) groups excluding carboxylic acids is 1. The van der Waals surface area contributed by atoms with Crippen molar-refractivity contribution in [3.05, 3.63) is 11.1 Å². The summed E-state index contributed by atoms with van der Waals surface area (Å²) in [5.41, 5.74) is 1.81. The first-order chi connectivity index (χ1) is 9.60. The molecule has 106 valence electrons. The summed E-state index contributed by atoms with van der Waals surface area (Å²) in [5, 5.41) is 0. The third kappa shape index (κ3) is 1.85. The lowest BCUT2D eigenvalue weighted by Crippen LogP contribution is -2.44. The Hall–Kier alpha value is -2.35. The van der Waals surface area contributed by atoms with E-state index in [1.807, 2.05) is 6.92 Å². The second kappa shape index (κ2) is 5.33. The number of benzene rings is 1. The number of β-lactam (4-membered cyclic amide) rings is 1. The normalized spacial score (nSPS) is 13.6. The van der Waals surface area contributed by atoms with E-state index >= 15 is 0 Å². The number of nitrogens with zero attached hydrogens (tertiary/aromatic N) is 1. The lowest BCUT2D eigenvalue weighted by Gasteiger charge is -2.34. The lowest BCUT2D eigenvalue weighted by atomic mass is 10.0. The molecule has 0 N–H and O–H groups in total. The highest BCUT2D eigenvalue weighted by atomic mass is 16.5. The van der Waals surface area contributed by atoms with Gasteiger partial charge in [-0.05, 0) is 6.92 Å². The van der Waals surface area contributed by atoms with Gasteiger partial charge in [-0.1, -0.05) is 5.92 Å². The zero-order valence-corrected chi connectivity index (χ0v) is 12.1. The van der Waals surface area contributed by atoms with Crippen molar-refractivity contribution in [1.29, 1.82) is 0 Å². The van der Waals surface area contributed by atoms with Crippen LogP contribution in [0, 0.1) is 19.3 Å². The van der Waals surface area contributed by atoms with Crippen molar-refractivity contribution in [2.45, 2.75) is 13.3 Å². The second-order valence-electron chi connectivity index (χ2n) is 4.39. The van der Waals surface area contributed by atoms with Crippen LogP contribution in [0.4, 0.5) is 5.69 Å². The minimum atomic E-state index is 0.0198. The van der Waals surface area contributed by atoms with Gasteiger partial charge >= 0.3 is 0 Å². The van der Waals surface area contributed by atoms with Crippen LogP contribution < -0.4 is 19.1 Å². The van der Waals surface area contributed by atoms with Crippen LogP contribution in [0.2, 0.25) is 0 Å².